The Kier molecular flexibility index (Phi) is 5.15. The lowest BCUT2D eigenvalue weighted by Crippen LogP contribution is -2.41. The van der Waals surface area contributed by atoms with Crippen molar-refractivity contribution >= 4 is 39.7 Å². The quantitative estimate of drug-likeness (QED) is 0.172. The van der Waals surface area contributed by atoms with E-state index in [9.17, 15) is 9.59 Å². The number of carbonyl (C=O) groups excluding carboxylic acids is 2. The molecule has 0 saturated carbocycles. The fourth-order valence-corrected chi connectivity index (χ4v) is 8.02. The van der Waals surface area contributed by atoms with Gasteiger partial charge in [-0.3, -0.25) is 9.59 Å². The Balaban J connectivity index is 1.09. The minimum absolute atomic E-state index is 0.137. The average molecular weight is 558 g/mol. The van der Waals surface area contributed by atoms with E-state index in [0.29, 0.717) is 6.54 Å². The summed E-state index contributed by atoms with van der Waals surface area (Å²) in [6, 6.07) is 39.6. The van der Waals surface area contributed by atoms with Crippen LogP contribution in [0.5, 0.6) is 0 Å². The predicted octanol–water partition coefficient (Wildman–Crippen LogP) is 7.07. The summed E-state index contributed by atoms with van der Waals surface area (Å²) in [7, 11) is 0. The van der Waals surface area contributed by atoms with Crippen LogP contribution in [0.25, 0.3) is 21.7 Å². The molecule has 5 nitrogen and oxygen atoms in total. The maximum Gasteiger partial charge on any atom is 0.254 e. The molecule has 2 amide bonds. The van der Waals surface area contributed by atoms with Gasteiger partial charge in [0.2, 0.25) is 0 Å². The zero-order chi connectivity index (χ0) is 28.7. The van der Waals surface area contributed by atoms with E-state index in [1.165, 1.54) is 16.3 Å². The molecule has 206 valence electrons. The molecule has 2 atom stereocenters. The van der Waals surface area contributed by atoms with Gasteiger partial charge in [0.25, 0.3) is 11.8 Å². The van der Waals surface area contributed by atoms with Gasteiger partial charge in [0.05, 0.1) is 18.1 Å². The van der Waals surface area contributed by atoms with E-state index in [-0.39, 0.29) is 23.7 Å². The molecule has 4 aliphatic rings. The summed E-state index contributed by atoms with van der Waals surface area (Å²) in [4.78, 5) is 28.0. The van der Waals surface area contributed by atoms with Crippen LogP contribution in [-0.4, -0.2) is 27.6 Å². The van der Waals surface area contributed by atoms with Crippen molar-refractivity contribution in [3.05, 3.63) is 155 Å². The number of carbonyl (C=O) groups is 2. The van der Waals surface area contributed by atoms with E-state index >= 15 is 0 Å². The van der Waals surface area contributed by atoms with Crippen molar-refractivity contribution in [3.63, 3.8) is 0 Å². The number of benzene rings is 5. The number of hydrazone groups is 1. The summed E-state index contributed by atoms with van der Waals surface area (Å²) in [5.41, 5.74) is 7.83. The number of imide groups is 1. The van der Waals surface area contributed by atoms with Gasteiger partial charge in [-0.25, -0.2) is 0 Å². The molecule has 2 bridgehead atoms. The fraction of sp³-hybridized carbons (Fsp3) is 0.132. The molecule has 10 rings (SSSR count). The highest BCUT2D eigenvalue weighted by Crippen LogP contribution is 2.61. The van der Waals surface area contributed by atoms with Crippen LogP contribution in [-0.2, 0) is 16.1 Å². The number of hydrogen-bond donors (Lipinski definition) is 0. The summed E-state index contributed by atoms with van der Waals surface area (Å²) in [6.45, 7) is 0.696. The zero-order valence-electron chi connectivity index (χ0n) is 23.3. The van der Waals surface area contributed by atoms with Crippen molar-refractivity contribution in [1.82, 2.24) is 9.58 Å². The van der Waals surface area contributed by atoms with Crippen molar-refractivity contribution in [3.8, 4) is 0 Å². The lowest BCUT2D eigenvalue weighted by molar-refractivity contribution is -0.139. The number of amides is 2. The first-order chi connectivity index (χ1) is 21.2. The molecule has 0 unspecified atom stereocenters. The topological polar surface area (TPSA) is 54.7 Å². The monoisotopic (exact) mass is 557 g/mol. The Morgan fingerprint density at radius 2 is 1.14 bits per heavy atom. The first-order valence-corrected chi connectivity index (χ1v) is 14.8. The molecule has 0 N–H and O–H groups in total. The Morgan fingerprint density at radius 1 is 0.605 bits per heavy atom. The van der Waals surface area contributed by atoms with E-state index in [1.807, 2.05) is 36.4 Å². The minimum atomic E-state index is -0.438. The number of hydrogen-bond acceptors (Lipinski definition) is 3. The van der Waals surface area contributed by atoms with E-state index in [1.54, 1.807) is 6.21 Å². The van der Waals surface area contributed by atoms with E-state index in [2.05, 4.69) is 94.7 Å². The summed E-state index contributed by atoms with van der Waals surface area (Å²) in [5, 5.41) is 9.24. The van der Waals surface area contributed by atoms with Crippen LogP contribution in [0.4, 0.5) is 0 Å². The molecule has 1 aromatic heterocycles. The third-order valence-corrected chi connectivity index (χ3v) is 9.78. The Morgan fingerprint density at radius 3 is 1.79 bits per heavy atom. The SMILES string of the molecule is O=C1[C@H]2C3c4ccccc4C(c4ccccc43)[C@@H]2C(=O)N1/N=C\c1cn(Cc2cccc3ccccc23)c2ccccc12. The van der Waals surface area contributed by atoms with Crippen LogP contribution < -0.4 is 0 Å². The second-order valence-electron chi connectivity index (χ2n) is 11.9. The van der Waals surface area contributed by atoms with Crippen LogP contribution in [0.1, 0.15) is 45.2 Å². The van der Waals surface area contributed by atoms with Crippen molar-refractivity contribution in [2.45, 2.75) is 18.4 Å². The number of aromatic nitrogens is 1. The first-order valence-electron chi connectivity index (χ1n) is 14.8. The van der Waals surface area contributed by atoms with Crippen LogP contribution in [0, 0.1) is 11.8 Å². The van der Waals surface area contributed by atoms with Gasteiger partial charge in [0, 0.05) is 41.0 Å². The van der Waals surface area contributed by atoms with Gasteiger partial charge in [-0.15, -0.1) is 0 Å². The lowest BCUT2D eigenvalue weighted by atomic mass is 9.55. The van der Waals surface area contributed by atoms with Crippen LogP contribution in [0.3, 0.4) is 0 Å². The van der Waals surface area contributed by atoms with Gasteiger partial charge in [-0.05, 0) is 44.7 Å². The van der Waals surface area contributed by atoms with Gasteiger partial charge < -0.3 is 4.57 Å². The van der Waals surface area contributed by atoms with Crippen LogP contribution in [0.2, 0.25) is 0 Å². The van der Waals surface area contributed by atoms with Crippen molar-refractivity contribution < 1.29 is 9.59 Å². The number of fused-ring (bicyclic) bond motifs is 2. The summed E-state index contributed by atoms with van der Waals surface area (Å²) >= 11 is 0. The molecule has 1 saturated heterocycles. The molecular weight excluding hydrogens is 530 g/mol. The highest BCUT2D eigenvalue weighted by atomic mass is 16.2. The van der Waals surface area contributed by atoms with E-state index < -0.39 is 11.8 Å². The third-order valence-electron chi connectivity index (χ3n) is 9.78. The second kappa shape index (κ2) is 9.10. The highest BCUT2D eigenvalue weighted by Gasteiger charge is 2.61. The summed E-state index contributed by atoms with van der Waals surface area (Å²) in [6.07, 6.45) is 3.76. The van der Waals surface area contributed by atoms with Crippen molar-refractivity contribution in [2.75, 3.05) is 0 Å². The van der Waals surface area contributed by atoms with Gasteiger partial charge in [0.1, 0.15) is 0 Å². The summed E-state index contributed by atoms with van der Waals surface area (Å²) in [5.74, 6) is -1.56. The highest BCUT2D eigenvalue weighted by molar-refractivity contribution is 6.09. The molecule has 1 fully saturated rings. The fourth-order valence-electron chi connectivity index (χ4n) is 8.02. The average Bonchev–Trinajstić information content (AvgIpc) is 3.53. The van der Waals surface area contributed by atoms with Gasteiger partial charge >= 0.3 is 0 Å². The van der Waals surface area contributed by atoms with Crippen LogP contribution >= 0.6 is 0 Å². The molecular formula is C38H27N3O2. The normalized spacial score (nSPS) is 22.0. The lowest BCUT2D eigenvalue weighted by Gasteiger charge is -2.45. The van der Waals surface area contributed by atoms with Gasteiger partial charge in [-0.2, -0.15) is 10.1 Å². The van der Waals surface area contributed by atoms with Crippen molar-refractivity contribution in [2.24, 2.45) is 16.9 Å². The van der Waals surface area contributed by atoms with Gasteiger partial charge in [-0.1, -0.05) is 109 Å². The molecule has 43 heavy (non-hydrogen) atoms. The molecule has 2 heterocycles. The maximum atomic E-state index is 14.0. The largest absolute Gasteiger partial charge is 0.342 e. The molecule has 3 aliphatic carbocycles. The second-order valence-corrected chi connectivity index (χ2v) is 11.9. The molecule has 5 heteroatoms. The minimum Gasteiger partial charge on any atom is -0.342 e. The van der Waals surface area contributed by atoms with Gasteiger partial charge in [0.15, 0.2) is 0 Å². The zero-order valence-corrected chi connectivity index (χ0v) is 23.3. The molecule has 6 aromatic rings. The smallest absolute Gasteiger partial charge is 0.254 e. The van der Waals surface area contributed by atoms with E-state index in [4.69, 9.17) is 0 Å². The van der Waals surface area contributed by atoms with Crippen molar-refractivity contribution in [1.29, 1.82) is 0 Å². The molecule has 5 aromatic carbocycles. The van der Waals surface area contributed by atoms with Crippen LogP contribution in [0.15, 0.2) is 127 Å². The Labute approximate surface area is 248 Å². The summed E-state index contributed by atoms with van der Waals surface area (Å²) < 4.78 is 2.22. The number of nitrogens with zero attached hydrogens (tertiary/aromatic N) is 3. The Bertz CT molecular complexity index is 2040. The number of rotatable bonds is 4. The number of para-hydroxylation sites is 1. The first kappa shape index (κ1) is 24.3. The third kappa shape index (κ3) is 3.42. The predicted molar refractivity (Wildman–Crippen MR) is 168 cm³/mol. The molecule has 0 radical (unpaired) electrons. The van der Waals surface area contributed by atoms with E-state index in [0.717, 1.165) is 43.7 Å². The standard InChI is InChI=1S/C38H27N3O2/c42-37-35-33-28-15-3-4-16-29(28)34(31-18-6-5-17-30(31)33)36(35)38(43)41(37)39-20-25-22-40(32-19-8-7-14-27(25)32)21-24-12-9-11-23-10-1-2-13-26(23)24/h1-20,22,33-36H,21H2/b39-20-/t33?,34?,35-,36-/m0/s1. The Hall–Kier alpha value is -5.29. The molecule has 0 spiro atoms. The maximum absolute atomic E-state index is 14.0. The molecule has 1 aliphatic heterocycles.